The highest BCUT2D eigenvalue weighted by Gasteiger charge is 2.11. The average molecular weight is 265 g/mol. The maximum absolute atomic E-state index is 12.0. The molecule has 1 fully saturated rings. The molecule has 1 saturated heterocycles. The summed E-state index contributed by atoms with van der Waals surface area (Å²) >= 11 is 0. The Labute approximate surface area is 113 Å². The van der Waals surface area contributed by atoms with Gasteiger partial charge < -0.3 is 4.90 Å². The van der Waals surface area contributed by atoms with Crippen molar-refractivity contribution in [2.45, 2.75) is 31.9 Å². The Hall–Kier alpha value is -0.670. The van der Waals surface area contributed by atoms with Gasteiger partial charge in [0.15, 0.2) is 0 Å². The van der Waals surface area contributed by atoms with Crippen LogP contribution in [0.25, 0.3) is 0 Å². The number of benzene rings is 1. The molecule has 18 heavy (non-hydrogen) atoms. The van der Waals surface area contributed by atoms with Gasteiger partial charge in [-0.25, -0.2) is 0 Å². The first-order valence-corrected chi connectivity index (χ1v) is 8.36. The first kappa shape index (κ1) is 13.8. The Morgan fingerprint density at radius 2 is 1.83 bits per heavy atom. The van der Waals surface area contributed by atoms with Crippen molar-refractivity contribution in [2.24, 2.45) is 0 Å². The van der Waals surface area contributed by atoms with E-state index in [0.717, 1.165) is 18.7 Å². The molecule has 0 aliphatic carbocycles. The molecule has 1 aromatic rings. The lowest BCUT2D eigenvalue weighted by atomic mass is 10.2. The lowest BCUT2D eigenvalue weighted by Crippen LogP contribution is -2.21. The second-order valence-corrected chi connectivity index (χ2v) is 6.75. The van der Waals surface area contributed by atoms with Gasteiger partial charge in [0.2, 0.25) is 0 Å². The molecule has 100 valence electrons. The molecule has 0 bridgehead atoms. The van der Waals surface area contributed by atoms with Gasteiger partial charge in [-0.3, -0.25) is 4.21 Å². The van der Waals surface area contributed by atoms with E-state index in [0.29, 0.717) is 5.75 Å². The van der Waals surface area contributed by atoms with Gasteiger partial charge in [0.05, 0.1) is 0 Å². The van der Waals surface area contributed by atoms with Crippen LogP contribution < -0.4 is 0 Å². The minimum Gasteiger partial charge on any atom is -0.303 e. The Morgan fingerprint density at radius 3 is 2.50 bits per heavy atom. The highest BCUT2D eigenvalue weighted by molar-refractivity contribution is 7.84. The molecule has 0 aromatic heterocycles. The summed E-state index contributed by atoms with van der Waals surface area (Å²) in [6.45, 7) is 5.69. The zero-order chi connectivity index (χ0) is 12.8. The molecule has 1 aliphatic heterocycles. The molecule has 2 nitrogen and oxygen atoms in total. The lowest BCUT2D eigenvalue weighted by Gasteiger charge is -2.13. The maximum atomic E-state index is 12.0. The third-order valence-corrected chi connectivity index (χ3v) is 4.89. The van der Waals surface area contributed by atoms with Gasteiger partial charge in [-0.05, 0) is 51.4 Å². The minimum atomic E-state index is -0.704. The van der Waals surface area contributed by atoms with Crippen molar-refractivity contribution in [1.82, 2.24) is 4.90 Å². The summed E-state index contributed by atoms with van der Waals surface area (Å²) in [6, 6.07) is 8.37. The first-order chi connectivity index (χ1) is 8.74. The normalized spacial score (nSPS) is 18.1. The fourth-order valence-electron chi connectivity index (χ4n) is 2.40. The average Bonchev–Trinajstić information content (AvgIpc) is 2.85. The second kappa shape index (κ2) is 7.05. The van der Waals surface area contributed by atoms with Crippen LogP contribution in [0.1, 0.15) is 30.4 Å². The third kappa shape index (κ3) is 4.54. The lowest BCUT2D eigenvalue weighted by molar-refractivity contribution is 0.340. The van der Waals surface area contributed by atoms with E-state index in [1.807, 2.05) is 0 Å². The van der Waals surface area contributed by atoms with Crippen molar-refractivity contribution in [3.63, 3.8) is 0 Å². The van der Waals surface area contributed by atoms with Crippen molar-refractivity contribution in [3.05, 3.63) is 35.4 Å². The molecule has 1 unspecified atom stereocenters. The van der Waals surface area contributed by atoms with Crippen LogP contribution >= 0.6 is 0 Å². The molecular formula is C15H23NOS. The Morgan fingerprint density at radius 1 is 1.17 bits per heavy atom. The SMILES string of the molecule is Cc1ccc(CS(=O)CCCN2CCCC2)cc1. The van der Waals surface area contributed by atoms with Crippen LogP contribution in [-0.4, -0.2) is 34.5 Å². The van der Waals surface area contributed by atoms with Gasteiger partial charge in [0, 0.05) is 22.3 Å². The molecule has 1 heterocycles. The van der Waals surface area contributed by atoms with Crippen LogP contribution in [0.2, 0.25) is 0 Å². The quantitative estimate of drug-likeness (QED) is 0.788. The number of likely N-dealkylation sites (tertiary alicyclic amines) is 1. The topological polar surface area (TPSA) is 20.3 Å². The van der Waals surface area contributed by atoms with Gasteiger partial charge in [-0.15, -0.1) is 0 Å². The first-order valence-electron chi connectivity index (χ1n) is 6.87. The van der Waals surface area contributed by atoms with Crippen LogP contribution in [0.15, 0.2) is 24.3 Å². The zero-order valence-corrected chi connectivity index (χ0v) is 12.0. The van der Waals surface area contributed by atoms with E-state index in [1.165, 1.54) is 37.1 Å². The standard InChI is InChI=1S/C15H23NOS/c1-14-5-7-15(8-6-14)13-18(17)12-4-11-16-9-2-3-10-16/h5-8H,2-4,9-13H2,1H3. The molecule has 0 spiro atoms. The Kier molecular flexibility index (Phi) is 5.39. The van der Waals surface area contributed by atoms with Crippen LogP contribution in [0.3, 0.4) is 0 Å². The summed E-state index contributed by atoms with van der Waals surface area (Å²) in [5.41, 5.74) is 2.46. The molecule has 2 rings (SSSR count). The fraction of sp³-hybridized carbons (Fsp3) is 0.600. The predicted molar refractivity (Wildman–Crippen MR) is 78.2 cm³/mol. The number of nitrogens with zero attached hydrogens (tertiary/aromatic N) is 1. The number of aryl methyl sites for hydroxylation is 1. The highest BCUT2D eigenvalue weighted by Crippen LogP contribution is 2.09. The largest absolute Gasteiger partial charge is 0.303 e. The molecule has 0 radical (unpaired) electrons. The van der Waals surface area contributed by atoms with E-state index >= 15 is 0 Å². The van der Waals surface area contributed by atoms with Crippen molar-refractivity contribution in [3.8, 4) is 0 Å². The second-order valence-electron chi connectivity index (χ2n) is 5.18. The van der Waals surface area contributed by atoms with E-state index in [2.05, 4.69) is 36.1 Å². The smallest absolute Gasteiger partial charge is 0.0485 e. The van der Waals surface area contributed by atoms with E-state index in [-0.39, 0.29) is 0 Å². The molecule has 3 heteroatoms. The molecule has 0 N–H and O–H groups in total. The van der Waals surface area contributed by atoms with Crippen molar-refractivity contribution >= 4 is 10.8 Å². The van der Waals surface area contributed by atoms with Gasteiger partial charge >= 0.3 is 0 Å². The zero-order valence-electron chi connectivity index (χ0n) is 11.2. The molecule has 1 atom stereocenters. The number of hydrogen-bond donors (Lipinski definition) is 0. The molecule has 0 saturated carbocycles. The summed E-state index contributed by atoms with van der Waals surface area (Å²) in [6.07, 6.45) is 3.75. The van der Waals surface area contributed by atoms with Crippen LogP contribution in [-0.2, 0) is 16.6 Å². The van der Waals surface area contributed by atoms with Crippen LogP contribution in [0.4, 0.5) is 0 Å². The minimum absolute atomic E-state index is 0.704. The number of rotatable bonds is 6. The van der Waals surface area contributed by atoms with Gasteiger partial charge in [0.25, 0.3) is 0 Å². The van der Waals surface area contributed by atoms with Crippen molar-refractivity contribution in [2.75, 3.05) is 25.4 Å². The van der Waals surface area contributed by atoms with Crippen LogP contribution in [0, 0.1) is 6.92 Å². The van der Waals surface area contributed by atoms with Gasteiger partial charge in [-0.1, -0.05) is 29.8 Å². The third-order valence-electron chi connectivity index (χ3n) is 3.49. The number of hydrogen-bond acceptors (Lipinski definition) is 2. The van der Waals surface area contributed by atoms with E-state index in [1.54, 1.807) is 0 Å². The van der Waals surface area contributed by atoms with E-state index in [9.17, 15) is 4.21 Å². The van der Waals surface area contributed by atoms with Crippen LogP contribution in [0.5, 0.6) is 0 Å². The monoisotopic (exact) mass is 265 g/mol. The molecule has 1 aliphatic rings. The highest BCUT2D eigenvalue weighted by atomic mass is 32.2. The predicted octanol–water partition coefficient (Wildman–Crippen LogP) is 2.73. The van der Waals surface area contributed by atoms with Crippen molar-refractivity contribution < 1.29 is 4.21 Å². The van der Waals surface area contributed by atoms with Gasteiger partial charge in [-0.2, -0.15) is 0 Å². The molecule has 1 aromatic carbocycles. The summed E-state index contributed by atoms with van der Waals surface area (Å²) in [7, 11) is -0.704. The van der Waals surface area contributed by atoms with E-state index < -0.39 is 10.8 Å². The summed E-state index contributed by atoms with van der Waals surface area (Å²) in [4.78, 5) is 2.49. The molecule has 0 amide bonds. The Bertz CT molecular complexity index is 382. The Balaban J connectivity index is 1.66. The fourth-order valence-corrected chi connectivity index (χ4v) is 3.56. The van der Waals surface area contributed by atoms with E-state index in [4.69, 9.17) is 0 Å². The summed E-state index contributed by atoms with van der Waals surface area (Å²) in [5, 5.41) is 0. The van der Waals surface area contributed by atoms with Crippen molar-refractivity contribution in [1.29, 1.82) is 0 Å². The maximum Gasteiger partial charge on any atom is 0.0485 e. The summed E-state index contributed by atoms with van der Waals surface area (Å²) in [5.74, 6) is 1.55. The molecular weight excluding hydrogens is 242 g/mol. The summed E-state index contributed by atoms with van der Waals surface area (Å²) < 4.78 is 12.0. The van der Waals surface area contributed by atoms with Gasteiger partial charge in [0.1, 0.15) is 0 Å².